The van der Waals surface area contributed by atoms with Crippen LogP contribution in [-0.2, 0) is 28.6 Å². The Balaban J connectivity index is 2.60. The number of Topliss-reactive ketones (excluding diaryl/α,β-unsaturated/α-hetero) is 1. The first kappa shape index (κ1) is 36.6. The topological polar surface area (TPSA) is 170 Å². The molecule has 12 nitrogen and oxygen atoms in total. The third-order valence-corrected chi connectivity index (χ3v) is 7.65. The average molecular weight is 617 g/mol. The molecule has 6 unspecified atom stereocenters. The first-order valence-corrected chi connectivity index (χ1v) is 14.7. The van der Waals surface area contributed by atoms with Crippen molar-refractivity contribution in [2.24, 2.45) is 17.6 Å². The number of nitrogens with one attached hydrogen (secondary N) is 2. The molecule has 0 saturated heterocycles. The second-order valence-corrected chi connectivity index (χ2v) is 11.7. The zero-order valence-corrected chi connectivity index (χ0v) is 27.0. The molecule has 2 amide bonds. The van der Waals surface area contributed by atoms with E-state index in [9.17, 15) is 24.3 Å². The molecular weight excluding hydrogens is 568 g/mol. The summed E-state index contributed by atoms with van der Waals surface area (Å²) in [6.45, 7) is 8.09. The molecule has 2 bridgehead atoms. The van der Waals surface area contributed by atoms with Crippen molar-refractivity contribution in [1.29, 1.82) is 0 Å². The third kappa shape index (κ3) is 10.3. The number of fused-ring (bicyclic) bond motifs is 2. The van der Waals surface area contributed by atoms with Crippen molar-refractivity contribution in [2.45, 2.75) is 65.0 Å². The van der Waals surface area contributed by atoms with E-state index in [-0.39, 0.29) is 34.9 Å². The lowest BCUT2D eigenvalue weighted by Crippen LogP contribution is -2.38. The van der Waals surface area contributed by atoms with Crippen molar-refractivity contribution in [3.63, 3.8) is 0 Å². The van der Waals surface area contributed by atoms with Crippen molar-refractivity contribution < 1.29 is 38.5 Å². The Kier molecular flexibility index (Phi) is 14.2. The number of nitrogens with zero attached hydrogens (tertiary/aromatic N) is 1. The van der Waals surface area contributed by atoms with E-state index < -0.39 is 53.9 Å². The maximum Gasteiger partial charge on any atom is 0.405 e. The number of nitrogens with two attached hydrogens (primary N) is 1. The lowest BCUT2D eigenvalue weighted by atomic mass is 9.85. The van der Waals surface area contributed by atoms with Gasteiger partial charge in [0.2, 0.25) is 11.6 Å². The van der Waals surface area contributed by atoms with Gasteiger partial charge in [-0.3, -0.25) is 14.4 Å². The van der Waals surface area contributed by atoms with Gasteiger partial charge >= 0.3 is 6.09 Å². The van der Waals surface area contributed by atoms with Crippen LogP contribution in [-0.4, -0.2) is 99.4 Å². The molecule has 0 spiro atoms. The van der Waals surface area contributed by atoms with E-state index >= 15 is 0 Å². The number of carbonyl (C=O) groups is 4. The van der Waals surface area contributed by atoms with Gasteiger partial charge in [0.25, 0.3) is 5.91 Å². The molecule has 0 aromatic heterocycles. The SMILES string of the molecule is COC1/C=C/C=C(/C)C(=O)NC2=CC(=O)C(NCCN(C)C)=C(CC(C)CC(OC)C(O)C(C)/C=C(\C)C1OC(N)=O)C2=O. The number of ketones is 2. The van der Waals surface area contributed by atoms with Crippen LogP contribution in [0.25, 0.3) is 0 Å². The van der Waals surface area contributed by atoms with E-state index in [4.69, 9.17) is 19.9 Å². The van der Waals surface area contributed by atoms with Gasteiger partial charge in [0.15, 0.2) is 6.10 Å². The Morgan fingerprint density at radius 3 is 2.43 bits per heavy atom. The van der Waals surface area contributed by atoms with Crippen LogP contribution in [0.15, 0.2) is 58.5 Å². The number of allylic oxidation sites excluding steroid dienone is 4. The Bertz CT molecular complexity index is 1230. The van der Waals surface area contributed by atoms with Gasteiger partial charge in [0.1, 0.15) is 6.10 Å². The number of aliphatic hydroxyl groups is 1. The van der Waals surface area contributed by atoms with Crippen molar-refractivity contribution in [1.82, 2.24) is 15.5 Å². The summed E-state index contributed by atoms with van der Waals surface area (Å²) in [5.41, 5.74) is 6.55. The Morgan fingerprint density at radius 1 is 1.16 bits per heavy atom. The van der Waals surface area contributed by atoms with E-state index in [0.29, 0.717) is 25.1 Å². The molecular formula is C32H48N4O8. The minimum Gasteiger partial charge on any atom is -0.439 e. The highest BCUT2D eigenvalue weighted by Gasteiger charge is 2.33. The number of methoxy groups -OCH3 is 2. The molecule has 44 heavy (non-hydrogen) atoms. The number of hydrogen-bond donors (Lipinski definition) is 4. The van der Waals surface area contributed by atoms with Gasteiger partial charge in [-0.2, -0.15) is 0 Å². The van der Waals surface area contributed by atoms with Crippen LogP contribution in [0.4, 0.5) is 4.79 Å². The van der Waals surface area contributed by atoms with Crippen molar-refractivity contribution in [2.75, 3.05) is 41.4 Å². The number of carbonyl (C=O) groups excluding carboxylic acids is 4. The van der Waals surface area contributed by atoms with E-state index in [1.807, 2.05) is 32.8 Å². The molecule has 0 saturated carbocycles. The van der Waals surface area contributed by atoms with Gasteiger partial charge in [0, 0.05) is 50.4 Å². The fourth-order valence-electron chi connectivity index (χ4n) is 5.18. The predicted octanol–water partition coefficient (Wildman–Crippen LogP) is 1.91. The highest BCUT2D eigenvalue weighted by Crippen LogP contribution is 2.28. The lowest BCUT2D eigenvalue weighted by Gasteiger charge is -2.30. The minimum atomic E-state index is -0.997. The van der Waals surface area contributed by atoms with Crippen molar-refractivity contribution in [3.8, 4) is 0 Å². The fourth-order valence-corrected chi connectivity index (χ4v) is 5.18. The van der Waals surface area contributed by atoms with Crippen molar-refractivity contribution in [3.05, 3.63) is 58.5 Å². The molecule has 1 aliphatic heterocycles. The first-order valence-electron chi connectivity index (χ1n) is 14.7. The molecule has 6 atom stereocenters. The zero-order valence-electron chi connectivity index (χ0n) is 27.0. The Morgan fingerprint density at radius 2 is 1.84 bits per heavy atom. The maximum absolute atomic E-state index is 13.7. The normalized spacial score (nSPS) is 31.0. The molecule has 5 N–H and O–H groups in total. The van der Waals surface area contributed by atoms with Crippen LogP contribution in [0.5, 0.6) is 0 Å². The zero-order chi connectivity index (χ0) is 33.1. The quantitative estimate of drug-likeness (QED) is 0.245. The van der Waals surface area contributed by atoms with Gasteiger partial charge < -0.3 is 40.6 Å². The van der Waals surface area contributed by atoms with Crippen LogP contribution in [0, 0.1) is 11.8 Å². The van der Waals surface area contributed by atoms with Crippen LogP contribution >= 0.6 is 0 Å². The Hall–Kier alpha value is -3.58. The second-order valence-electron chi connectivity index (χ2n) is 11.7. The Labute approximate surface area is 260 Å². The number of likely N-dealkylation sites (N-methyl/N-ethyl adjacent to an activating group) is 1. The lowest BCUT2D eigenvalue weighted by molar-refractivity contribution is -0.120. The molecule has 12 heteroatoms. The van der Waals surface area contributed by atoms with Gasteiger partial charge in [-0.05, 0) is 52.3 Å². The van der Waals surface area contributed by atoms with Crippen LogP contribution < -0.4 is 16.4 Å². The molecule has 0 fully saturated rings. The van der Waals surface area contributed by atoms with E-state index in [1.54, 1.807) is 32.1 Å². The molecule has 2 aliphatic rings. The summed E-state index contributed by atoms with van der Waals surface area (Å²) in [5.74, 6) is -2.06. The van der Waals surface area contributed by atoms with E-state index in [0.717, 1.165) is 6.08 Å². The molecule has 0 aromatic rings. The minimum absolute atomic E-state index is 0.114. The molecule has 244 valence electrons. The number of primary amides is 1. The number of amides is 2. The van der Waals surface area contributed by atoms with Crippen molar-refractivity contribution >= 4 is 23.6 Å². The largest absolute Gasteiger partial charge is 0.439 e. The van der Waals surface area contributed by atoms with Gasteiger partial charge in [-0.1, -0.05) is 38.2 Å². The summed E-state index contributed by atoms with van der Waals surface area (Å²) in [7, 11) is 6.74. The molecule has 2 rings (SSSR count). The summed E-state index contributed by atoms with van der Waals surface area (Å²) in [4.78, 5) is 53.7. The van der Waals surface area contributed by atoms with Crippen LogP contribution in [0.3, 0.4) is 0 Å². The van der Waals surface area contributed by atoms with Gasteiger partial charge in [-0.15, -0.1) is 0 Å². The summed E-state index contributed by atoms with van der Waals surface area (Å²) in [6.07, 6.45) is 3.88. The number of aliphatic hydroxyl groups excluding tert-OH is 1. The average Bonchev–Trinajstić information content (AvgIpc) is 2.95. The van der Waals surface area contributed by atoms with E-state index in [1.165, 1.54) is 20.3 Å². The van der Waals surface area contributed by atoms with Gasteiger partial charge in [-0.25, -0.2) is 4.79 Å². The smallest absolute Gasteiger partial charge is 0.405 e. The standard InChI is InChI=1S/C32H48N4O8/c1-18-14-22-27(34-12-13-36(5)6)24(37)17-23(29(22)39)35-31(40)19(2)10-9-11-25(42-7)30(44-32(33)41)21(4)16-20(3)28(38)26(15-18)43-8/h9-11,16-18,20,25-26,28,30,34,38H,12-15H2,1-8H3,(H2,33,41)(H,35,40)/b11-9+,19-10-,21-16+. The fraction of sp³-hybridized carbons (Fsp3) is 0.562. The summed E-state index contributed by atoms with van der Waals surface area (Å²) >= 11 is 0. The predicted molar refractivity (Wildman–Crippen MR) is 166 cm³/mol. The van der Waals surface area contributed by atoms with E-state index in [2.05, 4.69) is 10.6 Å². The monoisotopic (exact) mass is 616 g/mol. The number of rotatable bonds is 7. The van der Waals surface area contributed by atoms with Gasteiger partial charge in [0.05, 0.1) is 23.6 Å². The second kappa shape index (κ2) is 17.0. The molecule has 0 aromatic carbocycles. The summed E-state index contributed by atoms with van der Waals surface area (Å²) in [6, 6.07) is 0. The highest BCUT2D eigenvalue weighted by molar-refractivity contribution is 6.23. The third-order valence-electron chi connectivity index (χ3n) is 7.65. The highest BCUT2D eigenvalue weighted by atomic mass is 16.6. The molecule has 0 radical (unpaired) electrons. The first-order chi connectivity index (χ1) is 20.7. The summed E-state index contributed by atoms with van der Waals surface area (Å²) in [5, 5.41) is 17.0. The van der Waals surface area contributed by atoms with Crippen LogP contribution in [0.2, 0.25) is 0 Å². The summed E-state index contributed by atoms with van der Waals surface area (Å²) < 4.78 is 16.6. The number of hydrogen-bond acceptors (Lipinski definition) is 10. The molecule has 1 aliphatic carbocycles. The number of ether oxygens (including phenoxy) is 3. The van der Waals surface area contributed by atoms with Crippen LogP contribution in [0.1, 0.15) is 40.5 Å². The maximum atomic E-state index is 13.7. The molecule has 1 heterocycles.